The van der Waals surface area contributed by atoms with Crippen LogP contribution in [0, 0.1) is 11.8 Å². The Labute approximate surface area is 194 Å². The Bertz CT molecular complexity index is 777. The zero-order valence-electron chi connectivity index (χ0n) is 18.8. The highest BCUT2D eigenvalue weighted by Crippen LogP contribution is 2.30. The van der Waals surface area contributed by atoms with Crippen LogP contribution in [-0.2, 0) is 28.3 Å². The largest absolute Gasteiger partial charge is 0.695 e. The average Bonchev–Trinajstić information content (AvgIpc) is 3.37. The minimum atomic E-state index is -2.64. The van der Waals surface area contributed by atoms with Crippen molar-refractivity contribution in [1.82, 2.24) is 15.1 Å². The van der Waals surface area contributed by atoms with Crippen molar-refractivity contribution in [3.05, 3.63) is 12.2 Å². The summed E-state index contributed by atoms with van der Waals surface area (Å²) in [7, 11) is -2.64. The molecule has 33 heavy (non-hydrogen) atoms. The highest BCUT2D eigenvalue weighted by atomic mass is 31.1. The van der Waals surface area contributed by atoms with Gasteiger partial charge in [-0.25, -0.2) is 0 Å². The molecule has 0 bridgehead atoms. The lowest BCUT2D eigenvalue weighted by molar-refractivity contribution is -0.138. The second-order valence-corrected chi connectivity index (χ2v) is 9.72. The van der Waals surface area contributed by atoms with Crippen LogP contribution in [0.1, 0.15) is 57.8 Å². The lowest BCUT2D eigenvalue weighted by Crippen LogP contribution is -2.38. The van der Waals surface area contributed by atoms with Gasteiger partial charge in [-0.2, -0.15) is 0 Å². The minimum absolute atomic E-state index is 0.0228. The normalized spacial score (nSPS) is 25.6. The van der Waals surface area contributed by atoms with Crippen molar-refractivity contribution >= 4 is 31.9 Å². The first kappa shape index (κ1) is 25.5. The summed E-state index contributed by atoms with van der Waals surface area (Å²) in [5, 5.41) is 2.99. The molecular weight excluding hydrogens is 449 g/mol. The van der Waals surface area contributed by atoms with Crippen LogP contribution < -0.4 is 5.32 Å². The molecule has 0 aromatic carbocycles. The summed E-state index contributed by atoms with van der Waals surface area (Å²) in [5.74, 6) is -0.179. The molecule has 2 fully saturated rings. The maximum Gasteiger partial charge on any atom is 0.695 e. The lowest BCUT2D eigenvalue weighted by atomic mass is 9.81. The summed E-state index contributed by atoms with van der Waals surface area (Å²) in [4.78, 5) is 59.8. The van der Waals surface area contributed by atoms with E-state index in [1.54, 1.807) is 4.90 Å². The third kappa shape index (κ3) is 7.69. The van der Waals surface area contributed by atoms with Crippen LogP contribution in [0.25, 0.3) is 0 Å². The van der Waals surface area contributed by atoms with Gasteiger partial charge in [0.05, 0.1) is 6.54 Å². The quantitative estimate of drug-likeness (QED) is 0.260. The maximum atomic E-state index is 12.4. The van der Waals surface area contributed by atoms with E-state index in [0.29, 0.717) is 39.0 Å². The Balaban J connectivity index is 1.21. The van der Waals surface area contributed by atoms with Crippen LogP contribution in [0.15, 0.2) is 12.2 Å². The number of rotatable bonds is 11. The van der Waals surface area contributed by atoms with Crippen LogP contribution in [-0.4, -0.2) is 70.6 Å². The zero-order chi connectivity index (χ0) is 23.8. The summed E-state index contributed by atoms with van der Waals surface area (Å²) in [6, 6.07) is 0. The molecule has 182 valence electrons. The first-order valence-corrected chi connectivity index (χ1v) is 12.9. The molecule has 2 aliphatic heterocycles. The van der Waals surface area contributed by atoms with Gasteiger partial charge in [-0.05, 0) is 50.9 Å². The van der Waals surface area contributed by atoms with Gasteiger partial charge in [0.15, 0.2) is 0 Å². The van der Waals surface area contributed by atoms with Crippen LogP contribution >= 0.6 is 8.25 Å². The molecule has 11 heteroatoms. The van der Waals surface area contributed by atoms with Crippen molar-refractivity contribution in [1.29, 1.82) is 0 Å². The number of carbonyl (C=O) groups is 4. The van der Waals surface area contributed by atoms with E-state index in [1.165, 1.54) is 17.1 Å². The number of amides is 4. The number of imide groups is 1. The van der Waals surface area contributed by atoms with E-state index in [9.17, 15) is 23.7 Å². The molecule has 2 heterocycles. The van der Waals surface area contributed by atoms with E-state index in [2.05, 4.69) is 5.32 Å². The fraction of sp³-hybridized carbons (Fsp3) is 0.727. The van der Waals surface area contributed by atoms with E-state index in [4.69, 9.17) is 9.42 Å². The van der Waals surface area contributed by atoms with Crippen molar-refractivity contribution in [3.8, 4) is 0 Å². The van der Waals surface area contributed by atoms with Crippen molar-refractivity contribution in [2.24, 2.45) is 11.8 Å². The van der Waals surface area contributed by atoms with Gasteiger partial charge in [-0.15, -0.1) is 9.42 Å². The monoisotopic (exact) mass is 482 g/mol. The van der Waals surface area contributed by atoms with E-state index >= 15 is 0 Å². The fourth-order valence-electron chi connectivity index (χ4n) is 4.74. The van der Waals surface area contributed by atoms with Crippen molar-refractivity contribution in [2.45, 2.75) is 63.9 Å². The van der Waals surface area contributed by atoms with Crippen molar-refractivity contribution < 1.29 is 33.2 Å². The number of nitrogens with one attached hydrogen (secondary N) is 1. The van der Waals surface area contributed by atoms with Gasteiger partial charge in [0.25, 0.3) is 11.8 Å². The van der Waals surface area contributed by atoms with E-state index in [0.717, 1.165) is 44.9 Å². The molecule has 4 amide bonds. The number of carbonyl (C=O) groups excluding carboxylic acids is 4. The van der Waals surface area contributed by atoms with Crippen molar-refractivity contribution in [3.63, 3.8) is 0 Å². The molecule has 1 unspecified atom stereocenters. The van der Waals surface area contributed by atoms with Crippen LogP contribution in [0.5, 0.6) is 0 Å². The molecule has 2 N–H and O–H groups in total. The lowest BCUT2D eigenvalue weighted by Gasteiger charge is -2.30. The van der Waals surface area contributed by atoms with Gasteiger partial charge < -0.3 is 10.2 Å². The molecule has 3 aliphatic rings. The summed E-state index contributed by atoms with van der Waals surface area (Å²) in [6.07, 6.45) is 8.80. The third-order valence-corrected chi connectivity index (χ3v) is 7.14. The summed E-state index contributed by atoms with van der Waals surface area (Å²) < 4.78 is 15.6. The molecular formula is C22H33N3O7P+. The highest BCUT2D eigenvalue weighted by molar-refractivity contribution is 7.32. The van der Waals surface area contributed by atoms with Gasteiger partial charge in [0, 0.05) is 48.7 Å². The number of nitrogens with zero attached hydrogens (tertiary/aromatic N) is 2. The van der Waals surface area contributed by atoms with E-state index in [-0.39, 0.29) is 41.6 Å². The highest BCUT2D eigenvalue weighted by Gasteiger charge is 2.33. The van der Waals surface area contributed by atoms with E-state index in [1.807, 2.05) is 0 Å². The SMILES string of the molecule is O=C(NCCCCCC(=O)N1CC[C@H](O[P+](=O)O)C1)C1CCC(CN2C(=O)C=CC2=O)CC1. The Morgan fingerprint density at radius 3 is 2.42 bits per heavy atom. The van der Waals surface area contributed by atoms with Gasteiger partial charge in [0.1, 0.15) is 6.10 Å². The predicted molar refractivity (Wildman–Crippen MR) is 119 cm³/mol. The molecule has 2 atom stereocenters. The van der Waals surface area contributed by atoms with Crippen LogP contribution in [0.3, 0.4) is 0 Å². The molecule has 0 spiro atoms. The Hall–Kier alpha value is -2.16. The summed E-state index contributed by atoms with van der Waals surface area (Å²) >= 11 is 0. The first-order valence-electron chi connectivity index (χ1n) is 11.8. The Morgan fingerprint density at radius 2 is 1.76 bits per heavy atom. The van der Waals surface area contributed by atoms with Crippen molar-refractivity contribution in [2.75, 3.05) is 26.2 Å². The first-order chi connectivity index (χ1) is 15.8. The fourth-order valence-corrected chi connectivity index (χ4v) is 5.16. The number of hydrogen-bond donors (Lipinski definition) is 2. The second kappa shape index (κ2) is 12.3. The molecule has 1 saturated heterocycles. The minimum Gasteiger partial charge on any atom is -0.356 e. The molecule has 0 aromatic heterocycles. The molecule has 1 saturated carbocycles. The van der Waals surface area contributed by atoms with Crippen LogP contribution in [0.4, 0.5) is 0 Å². The average molecular weight is 482 g/mol. The van der Waals surface area contributed by atoms with Gasteiger partial charge in [-0.3, -0.25) is 24.1 Å². The Kier molecular flexibility index (Phi) is 9.52. The number of hydrogen-bond acceptors (Lipinski definition) is 6. The number of unbranched alkanes of at least 4 members (excludes halogenated alkanes) is 2. The third-order valence-electron chi connectivity index (χ3n) is 6.66. The maximum absolute atomic E-state index is 12.4. The molecule has 3 rings (SSSR count). The smallest absolute Gasteiger partial charge is 0.356 e. The number of likely N-dealkylation sites (tertiary alicyclic amines) is 1. The van der Waals surface area contributed by atoms with E-state index < -0.39 is 8.25 Å². The Morgan fingerprint density at radius 1 is 1.06 bits per heavy atom. The standard InChI is InChI=1S/C22H32N3O7P/c26-19(24-13-11-18(15-24)32-33(30)31)4-2-1-3-12-23-22(29)17-7-5-16(6-8-17)14-25-20(27)9-10-21(25)28/h9-10,16-18H,1-8,11-15H2,(H-,23,29,30,31)/p+1/t16?,17?,18-/m0/s1. The topological polar surface area (TPSA) is 133 Å². The van der Waals surface area contributed by atoms with Crippen LogP contribution in [0.2, 0.25) is 0 Å². The molecule has 0 radical (unpaired) electrons. The second-order valence-electron chi connectivity index (χ2n) is 9.03. The summed E-state index contributed by atoms with van der Waals surface area (Å²) in [5.41, 5.74) is 0. The molecule has 10 nitrogen and oxygen atoms in total. The predicted octanol–water partition coefficient (Wildman–Crippen LogP) is 1.66. The molecule has 0 aromatic rings. The van der Waals surface area contributed by atoms with Gasteiger partial charge in [-0.1, -0.05) is 6.42 Å². The van der Waals surface area contributed by atoms with Gasteiger partial charge >= 0.3 is 8.25 Å². The zero-order valence-corrected chi connectivity index (χ0v) is 19.7. The summed E-state index contributed by atoms with van der Waals surface area (Å²) in [6.45, 7) is 1.93. The van der Waals surface area contributed by atoms with Gasteiger partial charge in [0.2, 0.25) is 11.8 Å². The molecule has 1 aliphatic carbocycles.